The van der Waals surface area contributed by atoms with Gasteiger partial charge in [0, 0.05) is 23.0 Å². The first kappa shape index (κ1) is 18.6. The average Bonchev–Trinajstić information content (AvgIpc) is 3.16. The van der Waals surface area contributed by atoms with E-state index in [1.54, 1.807) is 12.1 Å². The minimum atomic E-state index is -0.303. The Balaban J connectivity index is 1.62. The van der Waals surface area contributed by atoms with E-state index in [-0.39, 0.29) is 23.1 Å². The quantitative estimate of drug-likeness (QED) is 0.549. The van der Waals surface area contributed by atoms with Gasteiger partial charge in [0.1, 0.15) is 0 Å². The van der Waals surface area contributed by atoms with E-state index < -0.39 is 0 Å². The van der Waals surface area contributed by atoms with Crippen LogP contribution in [0.4, 0.5) is 5.69 Å². The highest BCUT2D eigenvalue weighted by molar-refractivity contribution is 6.14. The summed E-state index contributed by atoms with van der Waals surface area (Å²) in [6, 6.07) is 17.5. The lowest BCUT2D eigenvalue weighted by molar-refractivity contribution is 0.102. The van der Waals surface area contributed by atoms with Crippen molar-refractivity contribution < 1.29 is 4.79 Å². The second-order valence-electron chi connectivity index (χ2n) is 8.34. The van der Waals surface area contributed by atoms with Gasteiger partial charge in [-0.3, -0.25) is 9.59 Å². The molecule has 1 N–H and O–H groups in total. The van der Waals surface area contributed by atoms with Gasteiger partial charge in [0.25, 0.3) is 11.5 Å². The molecule has 0 saturated heterocycles. The van der Waals surface area contributed by atoms with Crippen LogP contribution in [0.2, 0.25) is 0 Å². The molecule has 1 heterocycles. The van der Waals surface area contributed by atoms with Crippen molar-refractivity contribution in [3.63, 3.8) is 0 Å². The molecule has 0 bridgehead atoms. The number of hydrogen-bond acceptors (Lipinski definition) is 3. The summed E-state index contributed by atoms with van der Waals surface area (Å²) in [5.41, 5.74) is 3.53. The Morgan fingerprint density at radius 1 is 0.967 bits per heavy atom. The molecule has 1 amide bonds. The van der Waals surface area contributed by atoms with Crippen LogP contribution in [0.15, 0.2) is 59.4 Å². The standard InChI is InChI=1S/C25H23N3O2/c1-15(2)14-28-25(30)19-8-4-3-7-18(19)23(27-28)24(29)26-21-13-12-17-11-10-16-6-5-9-20(21)22(16)17/h3-9,12-13,15H,10-11,14H2,1-2H3,(H,26,29). The fourth-order valence-electron chi connectivity index (χ4n) is 4.41. The van der Waals surface area contributed by atoms with Crippen LogP contribution in [0.5, 0.6) is 0 Å². The Morgan fingerprint density at radius 3 is 2.43 bits per heavy atom. The van der Waals surface area contributed by atoms with Crippen LogP contribution in [0, 0.1) is 5.92 Å². The maximum Gasteiger partial charge on any atom is 0.276 e. The van der Waals surface area contributed by atoms with Crippen LogP contribution in [-0.2, 0) is 19.4 Å². The second-order valence-corrected chi connectivity index (χ2v) is 8.34. The largest absolute Gasteiger partial charge is 0.320 e. The highest BCUT2D eigenvalue weighted by atomic mass is 16.2. The number of carbonyl (C=O) groups is 1. The molecule has 5 rings (SSSR count). The van der Waals surface area contributed by atoms with Crippen molar-refractivity contribution in [3.8, 4) is 0 Å². The molecule has 4 aromatic rings. The van der Waals surface area contributed by atoms with Crippen LogP contribution >= 0.6 is 0 Å². The van der Waals surface area contributed by atoms with Crippen LogP contribution in [0.1, 0.15) is 35.5 Å². The third kappa shape index (κ3) is 2.98. The van der Waals surface area contributed by atoms with Crippen LogP contribution in [0.3, 0.4) is 0 Å². The van der Waals surface area contributed by atoms with Crippen molar-refractivity contribution in [1.29, 1.82) is 0 Å². The van der Waals surface area contributed by atoms with Crippen LogP contribution in [-0.4, -0.2) is 15.7 Å². The van der Waals surface area contributed by atoms with Crippen molar-refractivity contribution >= 4 is 33.1 Å². The molecule has 5 nitrogen and oxygen atoms in total. The van der Waals surface area contributed by atoms with Gasteiger partial charge < -0.3 is 5.32 Å². The number of fused-ring (bicyclic) bond motifs is 1. The molecule has 0 radical (unpaired) electrons. The summed E-state index contributed by atoms with van der Waals surface area (Å²) in [5, 5.41) is 10.9. The highest BCUT2D eigenvalue weighted by Gasteiger charge is 2.20. The lowest BCUT2D eigenvalue weighted by atomic mass is 10.0. The fraction of sp³-hybridized carbons (Fsp3) is 0.240. The number of anilines is 1. The van der Waals surface area contributed by atoms with E-state index in [4.69, 9.17) is 0 Å². The Kier molecular flexibility index (Phi) is 4.39. The average molecular weight is 397 g/mol. The van der Waals surface area contributed by atoms with Crippen LogP contribution < -0.4 is 10.9 Å². The minimum absolute atomic E-state index is 0.166. The molecular weight excluding hydrogens is 374 g/mol. The number of rotatable bonds is 4. The molecule has 1 aromatic heterocycles. The van der Waals surface area contributed by atoms with Crippen molar-refractivity contribution in [3.05, 3.63) is 81.8 Å². The van der Waals surface area contributed by atoms with Crippen molar-refractivity contribution in [2.45, 2.75) is 33.2 Å². The van der Waals surface area contributed by atoms with E-state index in [0.29, 0.717) is 17.3 Å². The SMILES string of the molecule is CC(C)Cn1nc(C(=O)Nc2ccc3c4c(cccc24)CC3)c2ccccc2c1=O. The third-order valence-corrected chi connectivity index (χ3v) is 5.75. The summed E-state index contributed by atoms with van der Waals surface area (Å²) in [7, 11) is 0. The fourth-order valence-corrected chi connectivity index (χ4v) is 4.41. The maximum absolute atomic E-state index is 13.3. The molecule has 5 heteroatoms. The summed E-state index contributed by atoms with van der Waals surface area (Å²) in [6.07, 6.45) is 2.08. The Hall–Kier alpha value is -3.47. The van der Waals surface area contributed by atoms with E-state index in [1.165, 1.54) is 21.2 Å². The first-order valence-electron chi connectivity index (χ1n) is 10.4. The van der Waals surface area contributed by atoms with Crippen molar-refractivity contribution in [2.24, 2.45) is 5.92 Å². The summed E-state index contributed by atoms with van der Waals surface area (Å²) in [6.45, 7) is 4.51. The van der Waals surface area contributed by atoms with E-state index in [1.807, 2.05) is 38.1 Å². The van der Waals surface area contributed by atoms with Gasteiger partial charge in [-0.1, -0.05) is 56.3 Å². The molecule has 1 aliphatic carbocycles. The molecule has 0 saturated carbocycles. The Labute approximate surface area is 174 Å². The monoisotopic (exact) mass is 397 g/mol. The summed E-state index contributed by atoms with van der Waals surface area (Å²) in [5.74, 6) is -0.0637. The van der Waals surface area contributed by atoms with E-state index >= 15 is 0 Å². The summed E-state index contributed by atoms with van der Waals surface area (Å²) < 4.78 is 1.41. The number of hydrogen-bond donors (Lipinski definition) is 1. The number of aromatic nitrogens is 2. The van der Waals surface area contributed by atoms with Crippen molar-refractivity contribution in [2.75, 3.05) is 5.32 Å². The Morgan fingerprint density at radius 2 is 1.67 bits per heavy atom. The number of carbonyl (C=O) groups excluding carboxylic acids is 1. The summed E-state index contributed by atoms with van der Waals surface area (Å²) >= 11 is 0. The summed E-state index contributed by atoms with van der Waals surface area (Å²) in [4.78, 5) is 26.1. The molecule has 0 fully saturated rings. The van der Waals surface area contributed by atoms with Crippen molar-refractivity contribution in [1.82, 2.24) is 9.78 Å². The number of benzene rings is 3. The zero-order chi connectivity index (χ0) is 20.8. The van der Waals surface area contributed by atoms with Gasteiger partial charge in [-0.25, -0.2) is 4.68 Å². The maximum atomic E-state index is 13.3. The van der Waals surface area contributed by atoms with E-state index in [0.717, 1.165) is 23.9 Å². The third-order valence-electron chi connectivity index (χ3n) is 5.75. The molecule has 1 aliphatic rings. The molecule has 150 valence electrons. The predicted octanol–water partition coefficient (Wildman–Crippen LogP) is 4.56. The van der Waals surface area contributed by atoms with Gasteiger partial charge >= 0.3 is 0 Å². The molecule has 30 heavy (non-hydrogen) atoms. The lowest BCUT2D eigenvalue weighted by Crippen LogP contribution is -2.29. The van der Waals surface area contributed by atoms with Gasteiger partial charge in [0.05, 0.1) is 5.39 Å². The first-order valence-corrected chi connectivity index (χ1v) is 10.4. The van der Waals surface area contributed by atoms with E-state index in [2.05, 4.69) is 28.6 Å². The molecule has 0 unspecified atom stereocenters. The zero-order valence-electron chi connectivity index (χ0n) is 17.1. The smallest absolute Gasteiger partial charge is 0.276 e. The highest BCUT2D eigenvalue weighted by Crippen LogP contribution is 2.35. The molecule has 0 aliphatic heterocycles. The molecule has 0 spiro atoms. The zero-order valence-corrected chi connectivity index (χ0v) is 17.1. The number of amides is 1. The number of nitrogens with one attached hydrogen (secondary N) is 1. The normalized spacial score (nSPS) is 12.8. The van der Waals surface area contributed by atoms with E-state index in [9.17, 15) is 9.59 Å². The first-order chi connectivity index (χ1) is 14.5. The van der Waals surface area contributed by atoms with Gasteiger partial charge in [-0.2, -0.15) is 5.10 Å². The Bertz CT molecular complexity index is 1360. The van der Waals surface area contributed by atoms with Gasteiger partial charge in [0.2, 0.25) is 0 Å². The van der Waals surface area contributed by atoms with Crippen LogP contribution in [0.25, 0.3) is 21.5 Å². The predicted molar refractivity (Wildman–Crippen MR) is 120 cm³/mol. The van der Waals surface area contributed by atoms with Gasteiger partial charge in [-0.15, -0.1) is 0 Å². The second kappa shape index (κ2) is 7.10. The number of aryl methyl sites for hydroxylation is 2. The number of nitrogens with zero attached hydrogens (tertiary/aromatic N) is 2. The molecular formula is C25H23N3O2. The van der Waals surface area contributed by atoms with Gasteiger partial charge in [0.15, 0.2) is 5.69 Å². The minimum Gasteiger partial charge on any atom is -0.320 e. The topological polar surface area (TPSA) is 64.0 Å². The molecule has 3 aromatic carbocycles. The molecule has 0 atom stereocenters. The van der Waals surface area contributed by atoms with Gasteiger partial charge in [-0.05, 0) is 47.4 Å². The lowest BCUT2D eigenvalue weighted by Gasteiger charge is -2.14.